The number of ether oxygens (including phenoxy) is 1. The summed E-state index contributed by atoms with van der Waals surface area (Å²) < 4.78 is 34.3. The minimum atomic E-state index is -3.64. The number of aromatic nitrogens is 2. The summed E-state index contributed by atoms with van der Waals surface area (Å²) in [5.41, 5.74) is 0. The topological polar surface area (TPSA) is 84.7 Å². The van der Waals surface area contributed by atoms with Crippen LogP contribution in [0.3, 0.4) is 0 Å². The normalized spacial score (nSPS) is 15.9. The third-order valence-corrected chi connectivity index (χ3v) is 7.37. The van der Waals surface area contributed by atoms with Gasteiger partial charge in [-0.3, -0.25) is 4.79 Å². The molecule has 0 N–H and O–H groups in total. The molecule has 0 radical (unpaired) electrons. The molecule has 0 saturated carbocycles. The number of nitrogens with zero attached hydrogens (tertiary/aromatic N) is 4. The number of hydrogen-bond donors (Lipinski definition) is 0. The van der Waals surface area contributed by atoms with Crippen molar-refractivity contribution in [1.82, 2.24) is 18.8 Å². The van der Waals surface area contributed by atoms with Crippen LogP contribution in [-0.2, 0) is 21.9 Å². The lowest BCUT2D eigenvalue weighted by molar-refractivity contribution is -0.135. The first kappa shape index (κ1) is 22.6. The van der Waals surface area contributed by atoms with Crippen LogP contribution in [0.4, 0.5) is 0 Å². The molecule has 2 aromatic rings. The Morgan fingerprint density at radius 1 is 1.33 bits per heavy atom. The van der Waals surface area contributed by atoms with Gasteiger partial charge in [0.25, 0.3) is 10.0 Å². The summed E-state index contributed by atoms with van der Waals surface area (Å²) in [6, 6.07) is 7.11. The number of piperidine rings is 1. The monoisotopic (exact) mass is 454 g/mol. The van der Waals surface area contributed by atoms with Crippen LogP contribution in [-0.4, -0.2) is 66.4 Å². The molecular formula is C20H27ClN4O4S. The van der Waals surface area contributed by atoms with Crippen LogP contribution in [0.2, 0.25) is 5.02 Å². The van der Waals surface area contributed by atoms with Crippen LogP contribution in [0.15, 0.2) is 35.5 Å². The Labute approximate surface area is 182 Å². The molecule has 8 nitrogen and oxygen atoms in total. The standard InChI is InChI=1S/C20H27ClN4O4S/c1-15-22-19(14-24(15)3)30(27,28)25-9-7-16(8-10-25)20(26)23(2)11-12-29-18-6-4-5-17(21)13-18/h4-6,13-14,16H,7-12H2,1-3H3. The van der Waals surface area contributed by atoms with Crippen molar-refractivity contribution in [3.05, 3.63) is 41.3 Å². The van der Waals surface area contributed by atoms with Crippen molar-refractivity contribution in [3.8, 4) is 5.75 Å². The molecule has 1 amide bonds. The van der Waals surface area contributed by atoms with Crippen molar-refractivity contribution in [2.24, 2.45) is 13.0 Å². The zero-order valence-corrected chi connectivity index (χ0v) is 19.0. The Morgan fingerprint density at radius 3 is 2.63 bits per heavy atom. The van der Waals surface area contributed by atoms with Crippen molar-refractivity contribution < 1.29 is 17.9 Å². The summed E-state index contributed by atoms with van der Waals surface area (Å²) in [5.74, 6) is 1.11. The van der Waals surface area contributed by atoms with Gasteiger partial charge in [0.2, 0.25) is 5.91 Å². The van der Waals surface area contributed by atoms with Gasteiger partial charge in [-0.2, -0.15) is 4.31 Å². The Morgan fingerprint density at radius 2 is 2.03 bits per heavy atom. The van der Waals surface area contributed by atoms with Crippen LogP contribution in [0.1, 0.15) is 18.7 Å². The van der Waals surface area contributed by atoms with Gasteiger partial charge in [-0.15, -0.1) is 0 Å². The fourth-order valence-corrected chi connectivity index (χ4v) is 5.08. The maximum Gasteiger partial charge on any atom is 0.262 e. The van der Waals surface area contributed by atoms with E-state index in [1.807, 2.05) is 6.07 Å². The van der Waals surface area contributed by atoms with E-state index in [1.54, 1.807) is 48.7 Å². The van der Waals surface area contributed by atoms with Crippen LogP contribution >= 0.6 is 11.6 Å². The highest BCUT2D eigenvalue weighted by molar-refractivity contribution is 7.89. The summed E-state index contributed by atoms with van der Waals surface area (Å²) in [5, 5.41) is 0.655. The van der Waals surface area contributed by atoms with Crippen molar-refractivity contribution in [1.29, 1.82) is 0 Å². The average Bonchev–Trinajstić information content (AvgIpc) is 3.07. The molecule has 0 spiro atoms. The highest BCUT2D eigenvalue weighted by atomic mass is 35.5. The quantitative estimate of drug-likeness (QED) is 0.641. The van der Waals surface area contributed by atoms with Crippen LogP contribution in [0.5, 0.6) is 5.75 Å². The number of sulfonamides is 1. The highest BCUT2D eigenvalue weighted by Gasteiger charge is 2.34. The lowest BCUT2D eigenvalue weighted by atomic mass is 9.97. The lowest BCUT2D eigenvalue weighted by Gasteiger charge is -2.32. The van der Waals surface area contributed by atoms with Crippen molar-refractivity contribution >= 4 is 27.5 Å². The minimum absolute atomic E-state index is 0.00965. The molecule has 1 aromatic carbocycles. The molecule has 0 atom stereocenters. The first-order valence-electron chi connectivity index (χ1n) is 9.82. The molecule has 1 saturated heterocycles. The molecule has 1 aliphatic heterocycles. The molecule has 0 bridgehead atoms. The maximum atomic E-state index is 12.8. The number of rotatable bonds is 7. The van der Waals surface area contributed by atoms with E-state index in [1.165, 1.54) is 10.5 Å². The van der Waals surface area contributed by atoms with Gasteiger partial charge in [-0.25, -0.2) is 13.4 Å². The Balaban J connectivity index is 1.49. The number of halogens is 1. The average molecular weight is 455 g/mol. The first-order valence-corrected chi connectivity index (χ1v) is 11.6. The molecule has 10 heteroatoms. The zero-order valence-electron chi connectivity index (χ0n) is 17.4. The van der Waals surface area contributed by atoms with Crippen LogP contribution < -0.4 is 4.74 Å². The van der Waals surface area contributed by atoms with E-state index in [9.17, 15) is 13.2 Å². The number of aryl methyl sites for hydroxylation is 2. The molecule has 1 fully saturated rings. The van der Waals surface area contributed by atoms with E-state index in [-0.39, 0.29) is 16.9 Å². The Kier molecular flexibility index (Phi) is 7.05. The summed E-state index contributed by atoms with van der Waals surface area (Å²) in [6.45, 7) is 3.17. The van der Waals surface area contributed by atoms with E-state index in [4.69, 9.17) is 16.3 Å². The summed E-state index contributed by atoms with van der Waals surface area (Å²) >= 11 is 5.93. The number of carbonyl (C=O) groups excluding carboxylic acids is 1. The van der Waals surface area contributed by atoms with Crippen LogP contribution in [0.25, 0.3) is 0 Å². The van der Waals surface area contributed by atoms with Crippen LogP contribution in [0, 0.1) is 12.8 Å². The van der Waals surface area contributed by atoms with E-state index >= 15 is 0 Å². The molecule has 0 unspecified atom stereocenters. The number of carbonyl (C=O) groups is 1. The van der Waals surface area contributed by atoms with Gasteiger partial charge in [0.05, 0.1) is 6.54 Å². The molecule has 164 valence electrons. The third kappa shape index (κ3) is 5.14. The first-order chi connectivity index (χ1) is 14.2. The van der Waals surface area contributed by atoms with E-state index in [0.29, 0.717) is 55.7 Å². The molecule has 1 aromatic heterocycles. The predicted molar refractivity (Wildman–Crippen MR) is 114 cm³/mol. The molecular weight excluding hydrogens is 428 g/mol. The molecule has 1 aliphatic rings. The van der Waals surface area contributed by atoms with Gasteiger partial charge in [0.15, 0.2) is 5.03 Å². The van der Waals surface area contributed by atoms with Gasteiger partial charge in [-0.05, 0) is 38.0 Å². The summed E-state index contributed by atoms with van der Waals surface area (Å²) in [7, 11) is -0.134. The molecule has 2 heterocycles. The summed E-state index contributed by atoms with van der Waals surface area (Å²) in [6.07, 6.45) is 2.50. The second kappa shape index (κ2) is 9.36. The third-order valence-electron chi connectivity index (χ3n) is 5.36. The predicted octanol–water partition coefficient (Wildman–Crippen LogP) is 2.32. The van der Waals surface area contributed by atoms with Crippen molar-refractivity contribution in [3.63, 3.8) is 0 Å². The molecule has 30 heavy (non-hydrogen) atoms. The fraction of sp³-hybridized carbons (Fsp3) is 0.500. The van der Waals surface area contributed by atoms with Gasteiger partial charge < -0.3 is 14.2 Å². The number of amides is 1. The fourth-order valence-electron chi connectivity index (χ4n) is 3.41. The second-order valence-corrected chi connectivity index (χ2v) is 9.80. The highest BCUT2D eigenvalue weighted by Crippen LogP contribution is 2.24. The number of benzene rings is 1. The lowest BCUT2D eigenvalue weighted by Crippen LogP contribution is -2.44. The molecule has 0 aliphatic carbocycles. The van der Waals surface area contributed by atoms with E-state index in [2.05, 4.69) is 4.98 Å². The largest absolute Gasteiger partial charge is 0.492 e. The van der Waals surface area contributed by atoms with Crippen molar-refractivity contribution in [2.75, 3.05) is 33.3 Å². The SMILES string of the molecule is Cc1nc(S(=O)(=O)N2CCC(C(=O)N(C)CCOc3cccc(Cl)c3)CC2)cn1C. The van der Waals surface area contributed by atoms with Gasteiger partial charge >= 0.3 is 0 Å². The molecule has 3 rings (SSSR count). The van der Waals surface area contributed by atoms with E-state index < -0.39 is 10.0 Å². The number of imidazole rings is 1. The second-order valence-electron chi connectivity index (χ2n) is 7.48. The van der Waals surface area contributed by atoms with Gasteiger partial charge in [-0.1, -0.05) is 17.7 Å². The summed E-state index contributed by atoms with van der Waals surface area (Å²) in [4.78, 5) is 18.5. The maximum absolute atomic E-state index is 12.8. The Bertz CT molecular complexity index is 980. The van der Waals surface area contributed by atoms with Gasteiger partial charge in [0.1, 0.15) is 18.2 Å². The van der Waals surface area contributed by atoms with Crippen molar-refractivity contribution in [2.45, 2.75) is 24.8 Å². The number of likely N-dealkylation sites (N-methyl/N-ethyl adjacent to an activating group) is 1. The minimum Gasteiger partial charge on any atom is -0.492 e. The smallest absolute Gasteiger partial charge is 0.262 e. The van der Waals surface area contributed by atoms with Gasteiger partial charge in [0, 0.05) is 44.3 Å². The Hall–Kier alpha value is -2.10. The number of hydrogen-bond acceptors (Lipinski definition) is 5. The van der Waals surface area contributed by atoms with E-state index in [0.717, 1.165) is 0 Å². The zero-order chi connectivity index (χ0) is 21.9.